The molecule has 0 aromatic heterocycles. The van der Waals surface area contributed by atoms with Crippen LogP contribution in [-0.4, -0.2) is 35.7 Å². The normalized spacial score (nSPS) is 19.5. The summed E-state index contributed by atoms with van der Waals surface area (Å²) in [5.41, 5.74) is 1.06. The Hall–Kier alpha value is -1.88. The van der Waals surface area contributed by atoms with Crippen molar-refractivity contribution < 1.29 is 19.4 Å². The maximum Gasteiger partial charge on any atom is 0.326 e. The van der Waals surface area contributed by atoms with E-state index in [-0.39, 0.29) is 5.91 Å². The average Bonchev–Trinajstić information content (AvgIpc) is 2.98. The van der Waals surface area contributed by atoms with E-state index >= 15 is 0 Å². The molecule has 20 heavy (non-hydrogen) atoms. The molecule has 5 heteroatoms. The van der Waals surface area contributed by atoms with Gasteiger partial charge in [0.15, 0.2) is 0 Å². The molecule has 1 saturated heterocycles. The van der Waals surface area contributed by atoms with E-state index in [9.17, 15) is 14.7 Å². The summed E-state index contributed by atoms with van der Waals surface area (Å²) < 4.78 is 5.25. The van der Waals surface area contributed by atoms with E-state index in [4.69, 9.17) is 4.74 Å². The predicted octanol–water partition coefficient (Wildman–Crippen LogP) is 1.37. The number of carboxylic acid groups (broad SMARTS) is 1. The lowest BCUT2D eigenvalue weighted by atomic mass is 10.0. The Morgan fingerprint density at radius 2 is 2.10 bits per heavy atom. The predicted molar refractivity (Wildman–Crippen MR) is 73.3 cm³/mol. The second-order valence-corrected chi connectivity index (χ2v) is 4.93. The van der Waals surface area contributed by atoms with Crippen LogP contribution in [0.15, 0.2) is 30.3 Å². The summed E-state index contributed by atoms with van der Waals surface area (Å²) in [7, 11) is 0. The van der Waals surface area contributed by atoms with Crippen molar-refractivity contribution in [1.29, 1.82) is 0 Å². The lowest BCUT2D eigenvalue weighted by molar-refractivity contribution is -0.143. The number of aryl methyl sites for hydroxylation is 1. The zero-order chi connectivity index (χ0) is 14.4. The molecule has 0 aliphatic carbocycles. The van der Waals surface area contributed by atoms with Crippen LogP contribution in [0.5, 0.6) is 0 Å². The topological polar surface area (TPSA) is 75.6 Å². The van der Waals surface area contributed by atoms with Crippen LogP contribution in [0.4, 0.5) is 0 Å². The third-order valence-corrected chi connectivity index (χ3v) is 3.40. The van der Waals surface area contributed by atoms with Crippen LogP contribution in [0.1, 0.15) is 24.8 Å². The molecule has 1 aliphatic rings. The highest BCUT2D eigenvalue weighted by Gasteiger charge is 2.27. The van der Waals surface area contributed by atoms with Gasteiger partial charge in [-0.25, -0.2) is 4.79 Å². The molecule has 1 aromatic carbocycles. The van der Waals surface area contributed by atoms with Crippen LogP contribution in [0.3, 0.4) is 0 Å². The Morgan fingerprint density at radius 1 is 1.35 bits per heavy atom. The third-order valence-electron chi connectivity index (χ3n) is 3.40. The molecule has 0 bridgehead atoms. The number of nitrogens with one attached hydrogen (secondary N) is 1. The standard InChI is InChI=1S/C15H19NO4/c17-14(13-7-4-10-20-13)16-12(15(18)19)9-8-11-5-2-1-3-6-11/h1-3,5-6,12-13H,4,7-10H2,(H,16,17)(H,18,19)/t12?,13-/m0/s1. The summed E-state index contributed by atoms with van der Waals surface area (Å²) in [5, 5.41) is 11.8. The zero-order valence-electron chi connectivity index (χ0n) is 11.2. The molecule has 1 aliphatic heterocycles. The van der Waals surface area contributed by atoms with E-state index in [1.54, 1.807) is 0 Å². The number of benzene rings is 1. The largest absolute Gasteiger partial charge is 0.480 e. The minimum Gasteiger partial charge on any atom is -0.480 e. The van der Waals surface area contributed by atoms with Gasteiger partial charge in [0.25, 0.3) is 0 Å². The number of amides is 1. The summed E-state index contributed by atoms with van der Waals surface area (Å²) in [6.07, 6.45) is 2.01. The number of carboxylic acids is 1. The molecular weight excluding hydrogens is 258 g/mol. The van der Waals surface area contributed by atoms with Crippen molar-refractivity contribution in [2.24, 2.45) is 0 Å². The molecule has 5 nitrogen and oxygen atoms in total. The Bertz CT molecular complexity index is 454. The Labute approximate surface area is 117 Å². The van der Waals surface area contributed by atoms with Gasteiger partial charge in [-0.1, -0.05) is 30.3 Å². The number of hydrogen-bond donors (Lipinski definition) is 2. The first kappa shape index (κ1) is 14.5. The minimum absolute atomic E-state index is 0.317. The number of carbonyl (C=O) groups is 2. The zero-order valence-corrected chi connectivity index (χ0v) is 11.2. The molecule has 2 N–H and O–H groups in total. The fourth-order valence-corrected chi connectivity index (χ4v) is 2.26. The van der Waals surface area contributed by atoms with E-state index in [1.165, 1.54) is 0 Å². The van der Waals surface area contributed by atoms with Gasteiger partial charge in [-0.15, -0.1) is 0 Å². The fraction of sp³-hybridized carbons (Fsp3) is 0.467. The van der Waals surface area contributed by atoms with Gasteiger partial charge < -0.3 is 15.2 Å². The van der Waals surface area contributed by atoms with Gasteiger partial charge in [0.05, 0.1) is 0 Å². The number of ether oxygens (including phenoxy) is 1. The summed E-state index contributed by atoms with van der Waals surface area (Å²) >= 11 is 0. The second-order valence-electron chi connectivity index (χ2n) is 4.93. The van der Waals surface area contributed by atoms with Crippen molar-refractivity contribution in [2.75, 3.05) is 6.61 Å². The van der Waals surface area contributed by atoms with Crippen molar-refractivity contribution >= 4 is 11.9 Å². The average molecular weight is 277 g/mol. The lowest BCUT2D eigenvalue weighted by Gasteiger charge is -2.17. The highest BCUT2D eigenvalue weighted by molar-refractivity contribution is 5.86. The van der Waals surface area contributed by atoms with Gasteiger partial charge in [-0.05, 0) is 31.2 Å². The van der Waals surface area contributed by atoms with Crippen molar-refractivity contribution in [3.63, 3.8) is 0 Å². The third kappa shape index (κ3) is 4.06. The molecule has 1 amide bonds. The van der Waals surface area contributed by atoms with Gasteiger partial charge in [0, 0.05) is 6.61 Å². The maximum atomic E-state index is 11.9. The Kier molecular flexibility index (Phi) is 5.12. The smallest absolute Gasteiger partial charge is 0.326 e. The van der Waals surface area contributed by atoms with Crippen molar-refractivity contribution in [3.8, 4) is 0 Å². The first-order chi connectivity index (χ1) is 9.66. The number of aliphatic carboxylic acids is 1. The monoisotopic (exact) mass is 277 g/mol. The van der Waals surface area contributed by atoms with Gasteiger partial charge in [0.2, 0.25) is 5.91 Å². The van der Waals surface area contributed by atoms with Gasteiger partial charge in [-0.3, -0.25) is 4.79 Å². The molecule has 1 heterocycles. The van der Waals surface area contributed by atoms with Crippen LogP contribution in [-0.2, 0) is 20.7 Å². The quantitative estimate of drug-likeness (QED) is 0.823. The summed E-state index contributed by atoms with van der Waals surface area (Å²) in [6.45, 7) is 0.569. The molecule has 0 saturated carbocycles. The molecule has 2 rings (SSSR count). The van der Waals surface area contributed by atoms with Crippen LogP contribution in [0.25, 0.3) is 0 Å². The first-order valence-corrected chi connectivity index (χ1v) is 6.85. The summed E-state index contributed by atoms with van der Waals surface area (Å²) in [6, 6.07) is 8.76. The Balaban J connectivity index is 1.87. The van der Waals surface area contributed by atoms with E-state index in [0.717, 1.165) is 12.0 Å². The molecule has 0 radical (unpaired) electrons. The SMILES string of the molecule is O=C(O)C(CCc1ccccc1)NC(=O)[C@@H]1CCCO1. The van der Waals surface area contributed by atoms with E-state index in [1.807, 2.05) is 30.3 Å². The molecule has 1 fully saturated rings. The number of hydrogen-bond acceptors (Lipinski definition) is 3. The molecule has 1 unspecified atom stereocenters. The van der Waals surface area contributed by atoms with Crippen LogP contribution < -0.4 is 5.32 Å². The van der Waals surface area contributed by atoms with Crippen molar-refractivity contribution in [3.05, 3.63) is 35.9 Å². The second kappa shape index (κ2) is 7.05. The van der Waals surface area contributed by atoms with E-state index in [0.29, 0.717) is 25.9 Å². The van der Waals surface area contributed by atoms with Crippen LogP contribution in [0.2, 0.25) is 0 Å². The van der Waals surface area contributed by atoms with E-state index in [2.05, 4.69) is 5.32 Å². The minimum atomic E-state index is -1.01. The number of carbonyl (C=O) groups excluding carboxylic acids is 1. The lowest BCUT2D eigenvalue weighted by Crippen LogP contribution is -2.45. The van der Waals surface area contributed by atoms with Crippen LogP contribution in [0, 0.1) is 0 Å². The molecule has 2 atom stereocenters. The van der Waals surface area contributed by atoms with Crippen molar-refractivity contribution in [2.45, 2.75) is 37.8 Å². The van der Waals surface area contributed by atoms with Gasteiger partial charge >= 0.3 is 5.97 Å². The highest BCUT2D eigenvalue weighted by atomic mass is 16.5. The first-order valence-electron chi connectivity index (χ1n) is 6.85. The molecular formula is C15H19NO4. The molecule has 108 valence electrons. The molecule has 1 aromatic rings. The number of rotatable bonds is 6. The summed E-state index contributed by atoms with van der Waals surface area (Å²) in [5.74, 6) is -1.32. The summed E-state index contributed by atoms with van der Waals surface area (Å²) in [4.78, 5) is 23.1. The van der Waals surface area contributed by atoms with E-state index < -0.39 is 18.1 Å². The maximum absolute atomic E-state index is 11.9. The van der Waals surface area contributed by atoms with Crippen molar-refractivity contribution in [1.82, 2.24) is 5.32 Å². The molecule has 0 spiro atoms. The highest BCUT2D eigenvalue weighted by Crippen LogP contribution is 2.13. The fourth-order valence-electron chi connectivity index (χ4n) is 2.26. The van der Waals surface area contributed by atoms with Gasteiger partial charge in [-0.2, -0.15) is 0 Å². The van der Waals surface area contributed by atoms with Crippen LogP contribution >= 0.6 is 0 Å². The Morgan fingerprint density at radius 3 is 2.70 bits per heavy atom. The van der Waals surface area contributed by atoms with Gasteiger partial charge in [0.1, 0.15) is 12.1 Å².